The van der Waals surface area contributed by atoms with Crippen LogP contribution in [-0.4, -0.2) is 54.3 Å². The highest BCUT2D eigenvalue weighted by molar-refractivity contribution is 8.00. The summed E-state index contributed by atoms with van der Waals surface area (Å²) in [5, 5.41) is 2.93. The van der Waals surface area contributed by atoms with Crippen LogP contribution in [0.5, 0.6) is 0 Å². The van der Waals surface area contributed by atoms with Crippen molar-refractivity contribution in [1.82, 2.24) is 9.88 Å². The zero-order valence-corrected chi connectivity index (χ0v) is 15.0. The predicted molar refractivity (Wildman–Crippen MR) is 102 cm³/mol. The molecule has 25 heavy (non-hydrogen) atoms. The molecule has 0 atom stereocenters. The number of nitrogens with zero attached hydrogens (tertiary/aromatic N) is 3. The summed E-state index contributed by atoms with van der Waals surface area (Å²) in [6.07, 6.45) is 2.91. The summed E-state index contributed by atoms with van der Waals surface area (Å²) in [5.74, 6) is 1.69. The normalized spacial score (nSPS) is 17.9. The van der Waals surface area contributed by atoms with E-state index in [0.717, 1.165) is 50.6 Å². The predicted octanol–water partition coefficient (Wildman–Crippen LogP) is 2.49. The molecule has 1 amide bonds. The molecule has 1 fully saturated rings. The molecule has 3 heterocycles. The van der Waals surface area contributed by atoms with Crippen LogP contribution < -0.4 is 10.2 Å². The second-order valence-electron chi connectivity index (χ2n) is 6.43. The molecular weight excluding hydrogens is 332 g/mol. The lowest BCUT2D eigenvalue weighted by atomic mass is 10.1. The van der Waals surface area contributed by atoms with Crippen molar-refractivity contribution in [2.45, 2.75) is 11.3 Å². The van der Waals surface area contributed by atoms with Gasteiger partial charge in [-0.2, -0.15) is 0 Å². The number of carbonyl (C=O) groups is 1. The Morgan fingerprint density at radius 3 is 2.80 bits per heavy atom. The largest absolute Gasteiger partial charge is 0.354 e. The van der Waals surface area contributed by atoms with Crippen molar-refractivity contribution in [3.63, 3.8) is 0 Å². The first kappa shape index (κ1) is 16.4. The second kappa shape index (κ2) is 7.45. The van der Waals surface area contributed by atoms with Crippen LogP contribution in [0.4, 0.5) is 11.5 Å². The molecule has 0 aliphatic carbocycles. The number of rotatable bonds is 4. The van der Waals surface area contributed by atoms with Crippen molar-refractivity contribution >= 4 is 29.2 Å². The van der Waals surface area contributed by atoms with E-state index in [-0.39, 0.29) is 5.91 Å². The smallest absolute Gasteiger partial charge is 0.234 e. The van der Waals surface area contributed by atoms with E-state index in [0.29, 0.717) is 5.75 Å². The Bertz CT molecular complexity index is 744. The average molecular weight is 354 g/mol. The number of piperazine rings is 1. The average Bonchev–Trinajstić information content (AvgIpc) is 2.67. The molecule has 1 saturated heterocycles. The van der Waals surface area contributed by atoms with Crippen LogP contribution in [0, 0.1) is 0 Å². The summed E-state index contributed by atoms with van der Waals surface area (Å²) in [5.41, 5.74) is 2.29. The molecular formula is C19H22N4OS. The molecule has 1 aromatic heterocycles. The highest BCUT2D eigenvalue weighted by Crippen LogP contribution is 2.32. The third kappa shape index (κ3) is 3.96. The van der Waals surface area contributed by atoms with E-state index < -0.39 is 0 Å². The Morgan fingerprint density at radius 2 is 2.00 bits per heavy atom. The quantitative estimate of drug-likeness (QED) is 0.914. The van der Waals surface area contributed by atoms with Gasteiger partial charge in [0.05, 0.1) is 11.4 Å². The van der Waals surface area contributed by atoms with Crippen LogP contribution in [0.3, 0.4) is 0 Å². The first-order valence-electron chi connectivity index (χ1n) is 8.72. The standard InChI is InChI=1S/C19H22N4OS/c24-19-14-25-17-13-15(4-5-16(17)21-19)6-8-22-9-11-23(12-10-22)18-3-1-2-7-20-18/h1-5,7,13H,6,8-12,14H2,(H,21,24). The van der Waals surface area contributed by atoms with E-state index in [2.05, 4.69) is 38.3 Å². The van der Waals surface area contributed by atoms with Crippen LogP contribution >= 0.6 is 11.8 Å². The van der Waals surface area contributed by atoms with Crippen molar-refractivity contribution in [2.75, 3.05) is 48.7 Å². The molecule has 0 bridgehead atoms. The van der Waals surface area contributed by atoms with Gasteiger partial charge in [-0.1, -0.05) is 12.1 Å². The molecule has 0 unspecified atom stereocenters. The van der Waals surface area contributed by atoms with Crippen LogP contribution in [-0.2, 0) is 11.2 Å². The molecule has 0 radical (unpaired) electrons. The van der Waals surface area contributed by atoms with Crippen molar-refractivity contribution in [2.24, 2.45) is 0 Å². The topological polar surface area (TPSA) is 48.5 Å². The van der Waals surface area contributed by atoms with Gasteiger partial charge in [0.25, 0.3) is 0 Å². The number of amides is 1. The highest BCUT2D eigenvalue weighted by atomic mass is 32.2. The van der Waals surface area contributed by atoms with Gasteiger partial charge in [0, 0.05) is 43.8 Å². The van der Waals surface area contributed by atoms with Gasteiger partial charge in [-0.3, -0.25) is 9.69 Å². The third-order valence-electron chi connectivity index (χ3n) is 4.74. The van der Waals surface area contributed by atoms with Crippen LogP contribution in [0.2, 0.25) is 0 Å². The molecule has 4 rings (SSSR count). The van der Waals surface area contributed by atoms with Gasteiger partial charge in [0.2, 0.25) is 5.91 Å². The number of pyridine rings is 1. The Morgan fingerprint density at radius 1 is 1.12 bits per heavy atom. The molecule has 130 valence electrons. The first-order valence-corrected chi connectivity index (χ1v) is 9.70. The lowest BCUT2D eigenvalue weighted by molar-refractivity contribution is -0.113. The molecule has 0 spiro atoms. The number of anilines is 2. The fourth-order valence-corrected chi connectivity index (χ4v) is 4.17. The number of hydrogen-bond donors (Lipinski definition) is 1. The summed E-state index contributed by atoms with van der Waals surface area (Å²) in [6.45, 7) is 5.29. The van der Waals surface area contributed by atoms with Gasteiger partial charge in [-0.05, 0) is 36.2 Å². The lowest BCUT2D eigenvalue weighted by Crippen LogP contribution is -2.47. The van der Waals surface area contributed by atoms with Crippen LogP contribution in [0.15, 0.2) is 47.5 Å². The number of benzene rings is 1. The minimum absolute atomic E-state index is 0.0935. The SMILES string of the molecule is O=C1CSc2cc(CCN3CCN(c4ccccn4)CC3)ccc2N1. The molecule has 5 nitrogen and oxygen atoms in total. The van der Waals surface area contributed by atoms with E-state index in [4.69, 9.17) is 0 Å². The number of carbonyl (C=O) groups excluding carboxylic acids is 1. The van der Waals surface area contributed by atoms with Gasteiger partial charge < -0.3 is 10.2 Å². The fraction of sp³-hybridized carbons (Fsp3) is 0.368. The molecule has 1 N–H and O–H groups in total. The molecule has 2 aliphatic heterocycles. The minimum atomic E-state index is 0.0935. The van der Waals surface area contributed by atoms with E-state index in [9.17, 15) is 4.79 Å². The molecule has 0 saturated carbocycles. The maximum atomic E-state index is 11.4. The van der Waals surface area contributed by atoms with Gasteiger partial charge in [-0.15, -0.1) is 11.8 Å². The Kier molecular flexibility index (Phi) is 4.90. The molecule has 2 aromatic rings. The molecule has 6 heteroatoms. The summed E-state index contributed by atoms with van der Waals surface area (Å²) in [6, 6.07) is 12.5. The Hall–Kier alpha value is -2.05. The minimum Gasteiger partial charge on any atom is -0.354 e. The number of thioether (sulfide) groups is 1. The van der Waals surface area contributed by atoms with Gasteiger partial charge in [0.1, 0.15) is 5.82 Å². The summed E-state index contributed by atoms with van der Waals surface area (Å²) < 4.78 is 0. The van der Waals surface area contributed by atoms with Crippen molar-refractivity contribution in [3.05, 3.63) is 48.2 Å². The summed E-state index contributed by atoms with van der Waals surface area (Å²) in [7, 11) is 0. The zero-order valence-electron chi connectivity index (χ0n) is 14.1. The van der Waals surface area contributed by atoms with E-state index >= 15 is 0 Å². The van der Waals surface area contributed by atoms with Crippen LogP contribution in [0.1, 0.15) is 5.56 Å². The van der Waals surface area contributed by atoms with Gasteiger partial charge in [0.15, 0.2) is 0 Å². The van der Waals surface area contributed by atoms with E-state index in [1.165, 1.54) is 10.5 Å². The van der Waals surface area contributed by atoms with Crippen LogP contribution in [0.25, 0.3) is 0 Å². The number of hydrogen-bond acceptors (Lipinski definition) is 5. The summed E-state index contributed by atoms with van der Waals surface area (Å²) >= 11 is 1.63. The lowest BCUT2D eigenvalue weighted by Gasteiger charge is -2.35. The van der Waals surface area contributed by atoms with Crippen molar-refractivity contribution < 1.29 is 4.79 Å². The molecule has 2 aliphatic rings. The van der Waals surface area contributed by atoms with Gasteiger partial charge >= 0.3 is 0 Å². The monoisotopic (exact) mass is 354 g/mol. The van der Waals surface area contributed by atoms with E-state index in [1.807, 2.05) is 24.4 Å². The zero-order chi connectivity index (χ0) is 17.1. The summed E-state index contributed by atoms with van der Waals surface area (Å²) in [4.78, 5) is 21.9. The second-order valence-corrected chi connectivity index (χ2v) is 7.45. The third-order valence-corrected chi connectivity index (χ3v) is 5.80. The maximum absolute atomic E-state index is 11.4. The van der Waals surface area contributed by atoms with Gasteiger partial charge in [-0.25, -0.2) is 4.98 Å². The Labute approximate surface area is 152 Å². The van der Waals surface area contributed by atoms with Crippen molar-refractivity contribution in [3.8, 4) is 0 Å². The Balaban J connectivity index is 1.29. The maximum Gasteiger partial charge on any atom is 0.234 e. The highest BCUT2D eigenvalue weighted by Gasteiger charge is 2.18. The van der Waals surface area contributed by atoms with Crippen molar-refractivity contribution in [1.29, 1.82) is 0 Å². The van der Waals surface area contributed by atoms with E-state index in [1.54, 1.807) is 11.8 Å². The first-order chi connectivity index (χ1) is 12.3. The number of fused-ring (bicyclic) bond motifs is 1. The fourth-order valence-electron chi connectivity index (χ4n) is 3.30. The number of nitrogens with one attached hydrogen (secondary N) is 1. The molecule has 1 aromatic carbocycles. The number of aromatic nitrogens is 1.